The highest BCUT2D eigenvalue weighted by Gasteiger charge is 2.20. The average Bonchev–Trinajstić information content (AvgIpc) is 2.98. The fourth-order valence-corrected chi connectivity index (χ4v) is 4.02. The van der Waals surface area contributed by atoms with Gasteiger partial charge in [0.2, 0.25) is 0 Å². The van der Waals surface area contributed by atoms with Crippen LogP contribution in [-0.4, -0.2) is 47.1 Å². The van der Waals surface area contributed by atoms with Gasteiger partial charge in [0.25, 0.3) is 0 Å². The number of hydrogen-bond donors (Lipinski definition) is 2. The van der Waals surface area contributed by atoms with Gasteiger partial charge in [0.15, 0.2) is 17.7 Å². The molecule has 1 atom stereocenters. The van der Waals surface area contributed by atoms with Gasteiger partial charge < -0.3 is 24.4 Å². The summed E-state index contributed by atoms with van der Waals surface area (Å²) in [5, 5.41) is 20.9. The van der Waals surface area contributed by atoms with Gasteiger partial charge in [0.05, 0.1) is 11.1 Å². The summed E-state index contributed by atoms with van der Waals surface area (Å²) < 4.78 is 16.9. The first-order valence-corrected chi connectivity index (χ1v) is 13.0. The highest BCUT2D eigenvalue weighted by Crippen LogP contribution is 2.28. The molecular formula is C33H30O8. The van der Waals surface area contributed by atoms with Crippen LogP contribution in [-0.2, 0) is 9.53 Å². The number of rotatable bonds is 12. The number of benzene rings is 3. The second-order valence-electron chi connectivity index (χ2n) is 9.45. The van der Waals surface area contributed by atoms with Gasteiger partial charge in [-0.3, -0.25) is 9.59 Å². The number of phenolic OH excluding ortho intramolecular Hbond substituents is 2. The molecule has 3 aromatic rings. The predicted molar refractivity (Wildman–Crippen MR) is 153 cm³/mol. The second-order valence-corrected chi connectivity index (χ2v) is 9.45. The van der Waals surface area contributed by atoms with E-state index in [4.69, 9.17) is 14.2 Å². The summed E-state index contributed by atoms with van der Waals surface area (Å²) in [6, 6.07) is 17.2. The van der Waals surface area contributed by atoms with Gasteiger partial charge in [0, 0.05) is 28.8 Å². The lowest BCUT2D eigenvalue weighted by molar-refractivity contribution is -0.147. The Morgan fingerprint density at radius 2 is 1.41 bits per heavy atom. The molecule has 8 heteroatoms. The molecule has 0 aliphatic heterocycles. The van der Waals surface area contributed by atoms with Crippen molar-refractivity contribution in [3.63, 3.8) is 0 Å². The number of hydrogen-bond acceptors (Lipinski definition) is 8. The van der Waals surface area contributed by atoms with E-state index in [2.05, 4.69) is 6.58 Å². The summed E-state index contributed by atoms with van der Waals surface area (Å²) in [5.74, 6) is -1.26. The van der Waals surface area contributed by atoms with E-state index in [0.29, 0.717) is 11.1 Å². The molecule has 0 radical (unpaired) electrons. The second kappa shape index (κ2) is 13.3. The molecule has 1 aliphatic carbocycles. The van der Waals surface area contributed by atoms with Crippen LogP contribution in [0.4, 0.5) is 0 Å². The van der Waals surface area contributed by atoms with Gasteiger partial charge in [-0.05, 0) is 44.0 Å². The van der Waals surface area contributed by atoms with Crippen LogP contribution in [0.15, 0.2) is 103 Å². The van der Waals surface area contributed by atoms with E-state index < -0.39 is 12.1 Å². The molecule has 0 heterocycles. The predicted octanol–water partition coefficient (Wildman–Crippen LogP) is 5.73. The molecule has 0 aromatic heterocycles. The normalized spacial score (nSPS) is 13.0. The molecule has 210 valence electrons. The molecule has 2 N–H and O–H groups in total. The number of carbonyl (C=O) groups is 3. The van der Waals surface area contributed by atoms with Gasteiger partial charge in [-0.15, -0.1) is 0 Å². The first-order chi connectivity index (χ1) is 19.7. The molecule has 0 saturated carbocycles. The van der Waals surface area contributed by atoms with Gasteiger partial charge in [0.1, 0.15) is 36.2 Å². The largest absolute Gasteiger partial charge is 0.507 e. The minimum Gasteiger partial charge on any atom is -0.507 e. The Morgan fingerprint density at radius 3 is 1.93 bits per heavy atom. The molecule has 41 heavy (non-hydrogen) atoms. The van der Waals surface area contributed by atoms with E-state index in [1.807, 2.05) is 12.2 Å². The fourth-order valence-electron chi connectivity index (χ4n) is 4.02. The fraction of sp³-hybridized carbons (Fsp3) is 0.182. The maximum atomic E-state index is 12.7. The van der Waals surface area contributed by atoms with Crippen molar-refractivity contribution in [3.8, 4) is 23.0 Å². The van der Waals surface area contributed by atoms with Gasteiger partial charge >= 0.3 is 5.97 Å². The molecule has 0 spiro atoms. The smallest absolute Gasteiger partial charge is 0.333 e. The van der Waals surface area contributed by atoms with Crippen LogP contribution >= 0.6 is 0 Å². The molecule has 8 nitrogen and oxygen atoms in total. The lowest BCUT2D eigenvalue weighted by Crippen LogP contribution is -2.31. The van der Waals surface area contributed by atoms with Crippen LogP contribution in [0.2, 0.25) is 0 Å². The zero-order chi connectivity index (χ0) is 29.4. The standard InChI is InChI=1S/C33H30O8/c1-21(2)33(38)41-26(19-39-24-13-15-27(29(34)17-24)31(36)22-9-5-3-6-10-22)20-40-25-14-16-28(30(35)18-25)32(37)23-11-7-4-8-12-23/h3,5-7,9-18,26,34-35H,1,4,8,19-20H2,2H3. The number of Topliss-reactive ketones (excluding diaryl/α,β-unsaturated/α-hetero) is 1. The number of allylic oxidation sites excluding steroid dienone is 4. The molecule has 0 saturated heterocycles. The molecule has 0 amide bonds. The molecule has 3 aromatic carbocycles. The Hall–Kier alpha value is -5.11. The van der Waals surface area contributed by atoms with Crippen molar-refractivity contribution in [2.75, 3.05) is 13.2 Å². The summed E-state index contributed by atoms with van der Waals surface area (Å²) in [7, 11) is 0. The van der Waals surface area contributed by atoms with Crippen LogP contribution < -0.4 is 9.47 Å². The minimum atomic E-state index is -0.895. The third-order valence-corrected chi connectivity index (χ3v) is 6.21. The van der Waals surface area contributed by atoms with Gasteiger partial charge in [-0.25, -0.2) is 4.79 Å². The van der Waals surface area contributed by atoms with Crippen molar-refractivity contribution in [2.24, 2.45) is 0 Å². The lowest BCUT2D eigenvalue weighted by Gasteiger charge is -2.20. The van der Waals surface area contributed by atoms with Gasteiger partial charge in [-0.2, -0.15) is 0 Å². The number of ether oxygens (including phenoxy) is 3. The summed E-state index contributed by atoms with van der Waals surface area (Å²) >= 11 is 0. The van der Waals surface area contributed by atoms with Crippen LogP contribution in [0.5, 0.6) is 23.0 Å². The number of ketones is 2. The average molecular weight is 555 g/mol. The Balaban J connectivity index is 1.41. The van der Waals surface area contributed by atoms with Crippen molar-refractivity contribution >= 4 is 17.5 Å². The lowest BCUT2D eigenvalue weighted by atomic mass is 9.97. The number of carbonyl (C=O) groups excluding carboxylic acids is 3. The van der Waals surface area contributed by atoms with E-state index >= 15 is 0 Å². The highest BCUT2D eigenvalue weighted by molar-refractivity contribution is 6.12. The van der Waals surface area contributed by atoms with E-state index in [1.165, 1.54) is 37.3 Å². The summed E-state index contributed by atoms with van der Waals surface area (Å²) in [6.07, 6.45) is 6.23. The topological polar surface area (TPSA) is 119 Å². The van der Waals surface area contributed by atoms with Crippen molar-refractivity contribution in [3.05, 3.63) is 119 Å². The van der Waals surface area contributed by atoms with Gasteiger partial charge in [-0.1, -0.05) is 55.1 Å². The summed E-state index contributed by atoms with van der Waals surface area (Å²) in [4.78, 5) is 37.6. The number of aromatic hydroxyl groups is 2. The maximum Gasteiger partial charge on any atom is 0.333 e. The Morgan fingerprint density at radius 1 is 0.829 bits per heavy atom. The maximum absolute atomic E-state index is 12.7. The van der Waals surface area contributed by atoms with Crippen LogP contribution in [0.1, 0.15) is 46.0 Å². The number of phenols is 2. The summed E-state index contributed by atoms with van der Waals surface area (Å²) in [6.45, 7) is 4.81. The van der Waals surface area contributed by atoms with E-state index in [9.17, 15) is 24.6 Å². The number of esters is 1. The Labute approximate surface area is 237 Å². The molecule has 0 bridgehead atoms. The first-order valence-electron chi connectivity index (χ1n) is 13.0. The minimum absolute atomic E-state index is 0.120. The zero-order valence-electron chi connectivity index (χ0n) is 22.5. The first kappa shape index (κ1) is 28.9. The third-order valence-electron chi connectivity index (χ3n) is 6.21. The Bertz CT molecular complexity index is 1520. The van der Waals surface area contributed by atoms with E-state index in [0.717, 1.165) is 12.8 Å². The van der Waals surface area contributed by atoms with Crippen molar-refractivity contribution in [1.82, 2.24) is 0 Å². The quantitative estimate of drug-likeness (QED) is 0.165. The van der Waals surface area contributed by atoms with E-state index in [-0.39, 0.29) is 64.5 Å². The van der Waals surface area contributed by atoms with Crippen molar-refractivity contribution in [2.45, 2.75) is 25.9 Å². The van der Waals surface area contributed by atoms with Crippen molar-refractivity contribution in [1.29, 1.82) is 0 Å². The zero-order valence-corrected chi connectivity index (χ0v) is 22.5. The SMILES string of the molecule is C=C(C)C(=O)OC(COc1ccc(C(=O)C2=CCCC=C2)c(O)c1)COc1ccc(C(=O)c2ccccc2)c(O)c1. The van der Waals surface area contributed by atoms with Crippen molar-refractivity contribution < 1.29 is 38.8 Å². The highest BCUT2D eigenvalue weighted by atomic mass is 16.6. The molecule has 1 aliphatic rings. The molecule has 1 unspecified atom stereocenters. The third kappa shape index (κ3) is 7.51. The molecule has 0 fully saturated rings. The molecule has 4 rings (SSSR count). The van der Waals surface area contributed by atoms with Crippen LogP contribution in [0.3, 0.4) is 0 Å². The summed E-state index contributed by atoms with van der Waals surface area (Å²) in [5.41, 5.74) is 1.41. The Kier molecular flexibility index (Phi) is 9.37. The van der Waals surface area contributed by atoms with Crippen LogP contribution in [0, 0.1) is 0 Å². The molecular weight excluding hydrogens is 524 g/mol. The van der Waals surface area contributed by atoms with E-state index in [1.54, 1.807) is 42.5 Å². The monoisotopic (exact) mass is 554 g/mol. The van der Waals surface area contributed by atoms with Crippen LogP contribution in [0.25, 0.3) is 0 Å².